The van der Waals surface area contributed by atoms with Gasteiger partial charge in [-0.05, 0) is 86.6 Å². The first-order valence-corrected chi connectivity index (χ1v) is 18.9. The van der Waals surface area contributed by atoms with E-state index in [2.05, 4.69) is 191 Å². The molecule has 0 saturated heterocycles. The van der Waals surface area contributed by atoms with Gasteiger partial charge in [-0.15, -0.1) is 0 Å². The van der Waals surface area contributed by atoms with Crippen LogP contribution in [-0.4, -0.2) is 9.13 Å². The summed E-state index contributed by atoms with van der Waals surface area (Å²) < 4.78 is 11.9. The van der Waals surface area contributed by atoms with E-state index < -0.39 is 0 Å². The van der Waals surface area contributed by atoms with Gasteiger partial charge in [0.15, 0.2) is 0 Å². The Labute approximate surface area is 315 Å². The topological polar surface area (TPSA) is 23.0 Å². The highest BCUT2D eigenvalue weighted by Gasteiger charge is 2.28. The van der Waals surface area contributed by atoms with Crippen molar-refractivity contribution in [2.45, 2.75) is 0 Å². The fourth-order valence-electron chi connectivity index (χ4n) is 9.84. The maximum Gasteiger partial charge on any atom is 0.147 e. The fraction of sp³-hybridized carbons (Fsp3) is 0. The van der Waals surface area contributed by atoms with Crippen molar-refractivity contribution in [3.8, 4) is 44.8 Å². The lowest BCUT2D eigenvalue weighted by atomic mass is 9.94. The molecule has 12 aromatic rings. The molecular formula is C52H30N2O. The maximum absolute atomic E-state index is 6.96. The van der Waals surface area contributed by atoms with Crippen LogP contribution in [0.4, 0.5) is 0 Å². The van der Waals surface area contributed by atoms with E-state index in [9.17, 15) is 0 Å². The Kier molecular flexibility index (Phi) is 5.63. The molecule has 0 saturated carbocycles. The van der Waals surface area contributed by atoms with Crippen molar-refractivity contribution in [2.75, 3.05) is 0 Å². The molecule has 0 spiro atoms. The molecule has 3 aromatic heterocycles. The quantitative estimate of drug-likeness (QED) is 0.180. The van der Waals surface area contributed by atoms with E-state index in [1.54, 1.807) is 0 Å². The van der Waals surface area contributed by atoms with Crippen LogP contribution in [0, 0.1) is 0 Å². The Hall–Kier alpha value is -7.36. The highest BCUT2D eigenvalue weighted by molar-refractivity contribution is 6.39. The van der Waals surface area contributed by atoms with Gasteiger partial charge in [-0.2, -0.15) is 0 Å². The molecule has 0 fully saturated rings. The lowest BCUT2D eigenvalue weighted by Crippen LogP contribution is -1.96. The number of aromatic nitrogens is 2. The lowest BCUT2D eigenvalue weighted by molar-refractivity contribution is 0.673. The largest absolute Gasteiger partial charge is 0.455 e. The van der Waals surface area contributed by atoms with Crippen molar-refractivity contribution < 1.29 is 4.42 Å². The molecule has 0 aliphatic heterocycles. The molecular weight excluding hydrogens is 669 g/mol. The Morgan fingerprint density at radius 1 is 0.309 bits per heavy atom. The molecule has 3 heterocycles. The predicted molar refractivity (Wildman–Crippen MR) is 230 cm³/mol. The van der Waals surface area contributed by atoms with Crippen LogP contribution < -0.4 is 0 Å². The Morgan fingerprint density at radius 3 is 1.55 bits per heavy atom. The first kappa shape index (κ1) is 29.1. The minimum Gasteiger partial charge on any atom is -0.455 e. The minimum absolute atomic E-state index is 0.894. The zero-order valence-electron chi connectivity index (χ0n) is 29.6. The van der Waals surface area contributed by atoms with Crippen LogP contribution in [-0.2, 0) is 0 Å². The van der Waals surface area contributed by atoms with E-state index in [0.717, 1.165) is 55.2 Å². The van der Waals surface area contributed by atoms with Crippen molar-refractivity contribution in [1.29, 1.82) is 0 Å². The summed E-state index contributed by atoms with van der Waals surface area (Å²) in [4.78, 5) is 0. The minimum atomic E-state index is 0.894. The van der Waals surface area contributed by atoms with E-state index >= 15 is 0 Å². The average Bonchev–Trinajstić information content (AvgIpc) is 3.99. The van der Waals surface area contributed by atoms with Gasteiger partial charge in [0.05, 0.1) is 32.8 Å². The molecule has 3 heteroatoms. The molecule has 254 valence electrons. The Morgan fingerprint density at radius 2 is 0.818 bits per heavy atom. The molecule has 0 unspecified atom stereocenters. The fourth-order valence-corrected chi connectivity index (χ4v) is 9.84. The summed E-state index contributed by atoms with van der Waals surface area (Å²) in [5, 5.41) is 9.66. The monoisotopic (exact) mass is 698 g/mol. The van der Waals surface area contributed by atoms with E-state index in [0.29, 0.717) is 0 Å². The first-order chi connectivity index (χ1) is 27.3. The predicted octanol–water partition coefficient (Wildman–Crippen LogP) is 14.2. The van der Waals surface area contributed by atoms with Gasteiger partial charge in [-0.1, -0.05) is 140 Å². The number of hydrogen-bond acceptors (Lipinski definition) is 1. The van der Waals surface area contributed by atoms with Crippen molar-refractivity contribution in [1.82, 2.24) is 9.13 Å². The number of nitrogens with zero attached hydrogens (tertiary/aromatic N) is 2. The first-order valence-electron chi connectivity index (χ1n) is 18.9. The third-order valence-corrected chi connectivity index (χ3v) is 12.0. The highest BCUT2D eigenvalue weighted by atomic mass is 16.3. The summed E-state index contributed by atoms with van der Waals surface area (Å²) in [5.41, 5.74) is 16.4. The standard InChI is InChI=1S/C52H30N2O/c1-2-13-32(14-3-1)53-43-22-9-6-17-40(43)47-50-48(52-49(51(47)53)42-19-8-11-24-45(42)55-52)41-18-7-10-23-44(41)54(50)33-27-25-31(26-28-33)34-29-30-39-36-16-5-4-15-35(36)38-21-12-20-37(34)46(38)39/h1-30H. The van der Waals surface area contributed by atoms with E-state index in [-0.39, 0.29) is 0 Å². The number of benzene rings is 9. The molecule has 0 radical (unpaired) electrons. The third-order valence-electron chi connectivity index (χ3n) is 12.0. The summed E-state index contributed by atoms with van der Waals surface area (Å²) >= 11 is 0. The SMILES string of the molecule is c1ccc(-n2c3ccccc3c3c4c(c5ccccc5n4-c4ccc(-c5ccc6c7c(cccc57)-c5ccccc5-6)cc4)c4oc5ccccc5c4c32)cc1. The third kappa shape index (κ3) is 3.74. The summed E-state index contributed by atoms with van der Waals surface area (Å²) in [7, 11) is 0. The van der Waals surface area contributed by atoms with Gasteiger partial charge in [-0.25, -0.2) is 0 Å². The number of para-hydroxylation sites is 4. The summed E-state index contributed by atoms with van der Waals surface area (Å²) in [6.07, 6.45) is 0. The summed E-state index contributed by atoms with van der Waals surface area (Å²) in [6, 6.07) is 66.2. The van der Waals surface area contributed by atoms with Crippen molar-refractivity contribution in [3.05, 3.63) is 182 Å². The number of rotatable bonds is 3. The van der Waals surface area contributed by atoms with Crippen LogP contribution in [0.5, 0.6) is 0 Å². The molecule has 0 amide bonds. The smallest absolute Gasteiger partial charge is 0.147 e. The van der Waals surface area contributed by atoms with Gasteiger partial charge in [-0.3, -0.25) is 0 Å². The van der Waals surface area contributed by atoms with Crippen molar-refractivity contribution in [3.63, 3.8) is 0 Å². The Balaban J connectivity index is 1.14. The molecule has 1 aliphatic rings. The van der Waals surface area contributed by atoms with Crippen LogP contribution in [0.15, 0.2) is 186 Å². The molecule has 13 rings (SSSR count). The van der Waals surface area contributed by atoms with Crippen LogP contribution in [0.2, 0.25) is 0 Å². The molecule has 9 aromatic carbocycles. The van der Waals surface area contributed by atoms with Crippen LogP contribution in [0.3, 0.4) is 0 Å². The normalized spacial score (nSPS) is 12.4. The van der Waals surface area contributed by atoms with Crippen LogP contribution in [0.25, 0.3) is 121 Å². The van der Waals surface area contributed by atoms with Crippen LogP contribution in [0.1, 0.15) is 0 Å². The van der Waals surface area contributed by atoms with Gasteiger partial charge in [0.1, 0.15) is 11.2 Å². The van der Waals surface area contributed by atoms with Crippen LogP contribution >= 0.6 is 0 Å². The number of hydrogen-bond donors (Lipinski definition) is 0. The summed E-state index contributed by atoms with van der Waals surface area (Å²) in [5.74, 6) is 0. The second kappa shape index (κ2) is 10.6. The number of furan rings is 1. The van der Waals surface area contributed by atoms with E-state index in [4.69, 9.17) is 4.42 Å². The van der Waals surface area contributed by atoms with Crippen molar-refractivity contribution in [2.24, 2.45) is 0 Å². The van der Waals surface area contributed by atoms with Gasteiger partial charge in [0.25, 0.3) is 0 Å². The zero-order chi connectivity index (χ0) is 35.8. The molecule has 0 atom stereocenters. The second-order valence-electron chi connectivity index (χ2n) is 14.8. The van der Waals surface area contributed by atoms with Gasteiger partial charge >= 0.3 is 0 Å². The van der Waals surface area contributed by atoms with E-state index in [1.165, 1.54) is 65.8 Å². The highest BCUT2D eigenvalue weighted by Crippen LogP contribution is 2.51. The zero-order valence-corrected chi connectivity index (χ0v) is 29.6. The molecule has 0 N–H and O–H groups in total. The summed E-state index contributed by atoms with van der Waals surface area (Å²) in [6.45, 7) is 0. The molecule has 1 aliphatic carbocycles. The average molecular weight is 699 g/mol. The molecule has 55 heavy (non-hydrogen) atoms. The maximum atomic E-state index is 6.96. The molecule has 0 bridgehead atoms. The van der Waals surface area contributed by atoms with Gasteiger partial charge in [0.2, 0.25) is 0 Å². The Bertz CT molecular complexity index is 3550. The van der Waals surface area contributed by atoms with E-state index in [1.807, 2.05) is 0 Å². The van der Waals surface area contributed by atoms with Crippen molar-refractivity contribution >= 4 is 76.3 Å². The van der Waals surface area contributed by atoms with Gasteiger partial charge in [0, 0.05) is 32.9 Å². The number of fused-ring (bicyclic) bond motifs is 15. The second-order valence-corrected chi connectivity index (χ2v) is 14.8. The lowest BCUT2D eigenvalue weighted by Gasteiger charge is -2.13. The van der Waals surface area contributed by atoms with Gasteiger partial charge < -0.3 is 13.6 Å². The molecule has 3 nitrogen and oxygen atoms in total.